The summed E-state index contributed by atoms with van der Waals surface area (Å²) in [5, 5.41) is 29.6. The van der Waals surface area contributed by atoms with Crippen LogP contribution in [0.15, 0.2) is 0 Å². The Morgan fingerprint density at radius 3 is 2.00 bits per heavy atom. The molecule has 0 spiro atoms. The normalized spacial score (nSPS) is 10.5. The van der Waals surface area contributed by atoms with Crippen LogP contribution in [0.25, 0.3) is 0 Å². The summed E-state index contributed by atoms with van der Waals surface area (Å²) >= 11 is 0. The minimum atomic E-state index is -0.623. The van der Waals surface area contributed by atoms with E-state index in [0.29, 0.717) is 6.42 Å². The summed E-state index contributed by atoms with van der Waals surface area (Å²) in [5.74, 6) is -0.287. The highest BCUT2D eigenvalue weighted by atomic mass is 16.3. The average Bonchev–Trinajstić information content (AvgIpc) is 2.49. The largest absolute Gasteiger partial charge is 0.400 e. The maximum absolute atomic E-state index is 11.2. The molecule has 0 fully saturated rings. The predicted octanol–water partition coefficient (Wildman–Crippen LogP) is -1.34. The molecular formula is C12H28N2O5. The van der Waals surface area contributed by atoms with Crippen LogP contribution in [-0.2, 0) is 9.59 Å². The van der Waals surface area contributed by atoms with Crippen molar-refractivity contribution in [3.8, 4) is 0 Å². The first kappa shape index (κ1) is 23.1. The second-order valence-corrected chi connectivity index (χ2v) is 3.20. The molecule has 0 rings (SSSR count). The highest BCUT2D eigenvalue weighted by Gasteiger charge is 2.12. The molecular weight excluding hydrogens is 252 g/mol. The summed E-state index contributed by atoms with van der Waals surface area (Å²) in [7, 11) is 2.64. The third-order valence-electron chi connectivity index (χ3n) is 2.02. The Bertz CT molecular complexity index is 199. The summed E-state index contributed by atoms with van der Waals surface area (Å²) in [6.07, 6.45) is 1.32. The number of aliphatic hydroxyl groups excluding tert-OH is 3. The van der Waals surface area contributed by atoms with E-state index in [1.165, 1.54) is 0 Å². The standard InChI is InChI=1S/C9H18N2O4.C2H6.CH4O/c1-10-7(4-12)2-3-9(15)11-8(5-13)6-14;2*1-2/h4,7-8,10,13-14H,2-3,5-6H2,1H3,(H,11,15);1-2H3;2H,1H3. The van der Waals surface area contributed by atoms with Crippen LogP contribution >= 0.6 is 0 Å². The zero-order chi connectivity index (χ0) is 15.7. The van der Waals surface area contributed by atoms with Crippen LogP contribution in [0.4, 0.5) is 0 Å². The van der Waals surface area contributed by atoms with Crippen molar-refractivity contribution in [2.24, 2.45) is 0 Å². The van der Waals surface area contributed by atoms with Crippen LogP contribution in [0, 0.1) is 0 Å². The molecule has 0 aliphatic carbocycles. The van der Waals surface area contributed by atoms with Crippen molar-refractivity contribution >= 4 is 12.2 Å². The summed E-state index contributed by atoms with van der Waals surface area (Å²) in [5.41, 5.74) is 0. The second-order valence-electron chi connectivity index (χ2n) is 3.20. The van der Waals surface area contributed by atoms with Gasteiger partial charge in [-0.1, -0.05) is 13.8 Å². The Kier molecular flexibility index (Phi) is 23.5. The molecule has 0 radical (unpaired) electrons. The zero-order valence-electron chi connectivity index (χ0n) is 12.2. The van der Waals surface area contributed by atoms with Crippen LogP contribution in [0.3, 0.4) is 0 Å². The van der Waals surface area contributed by atoms with E-state index in [9.17, 15) is 9.59 Å². The van der Waals surface area contributed by atoms with Crippen molar-refractivity contribution in [2.45, 2.75) is 38.8 Å². The minimum absolute atomic E-state index is 0.181. The molecule has 7 nitrogen and oxygen atoms in total. The van der Waals surface area contributed by atoms with Crippen molar-refractivity contribution < 1.29 is 24.9 Å². The fraction of sp³-hybridized carbons (Fsp3) is 0.833. The number of amides is 1. The van der Waals surface area contributed by atoms with Gasteiger partial charge in [-0.05, 0) is 13.5 Å². The lowest BCUT2D eigenvalue weighted by molar-refractivity contribution is -0.122. The number of rotatable bonds is 8. The molecule has 0 aliphatic rings. The Balaban J connectivity index is -0.000000579. The molecule has 116 valence electrons. The number of hydrogen-bond acceptors (Lipinski definition) is 6. The SMILES string of the molecule is CC.CNC(C=O)CCC(=O)NC(CO)CO.CO. The van der Waals surface area contributed by atoms with Crippen molar-refractivity contribution in [1.29, 1.82) is 0 Å². The Hall–Kier alpha value is -1.02. The minimum Gasteiger partial charge on any atom is -0.400 e. The van der Waals surface area contributed by atoms with Crippen LogP contribution in [0.2, 0.25) is 0 Å². The molecule has 0 bridgehead atoms. The third-order valence-corrected chi connectivity index (χ3v) is 2.02. The topological polar surface area (TPSA) is 119 Å². The van der Waals surface area contributed by atoms with E-state index in [1.807, 2.05) is 13.8 Å². The van der Waals surface area contributed by atoms with Gasteiger partial charge in [0.25, 0.3) is 0 Å². The molecule has 0 aromatic carbocycles. The zero-order valence-corrected chi connectivity index (χ0v) is 12.2. The molecule has 5 N–H and O–H groups in total. The van der Waals surface area contributed by atoms with E-state index in [0.717, 1.165) is 13.4 Å². The first-order valence-electron chi connectivity index (χ1n) is 6.26. The summed E-state index contributed by atoms with van der Waals surface area (Å²) in [6.45, 7) is 3.40. The smallest absolute Gasteiger partial charge is 0.220 e. The van der Waals surface area contributed by atoms with Gasteiger partial charge < -0.3 is 30.7 Å². The van der Waals surface area contributed by atoms with E-state index in [2.05, 4.69) is 10.6 Å². The fourth-order valence-corrected chi connectivity index (χ4v) is 1.02. The van der Waals surface area contributed by atoms with Gasteiger partial charge in [0.05, 0.1) is 25.3 Å². The molecule has 0 saturated heterocycles. The number of nitrogens with one attached hydrogen (secondary N) is 2. The van der Waals surface area contributed by atoms with E-state index in [1.54, 1.807) is 7.05 Å². The van der Waals surface area contributed by atoms with Crippen molar-refractivity contribution in [2.75, 3.05) is 27.4 Å². The summed E-state index contributed by atoms with van der Waals surface area (Å²) < 4.78 is 0. The Morgan fingerprint density at radius 2 is 1.68 bits per heavy atom. The molecule has 0 aliphatic heterocycles. The Labute approximate surface area is 115 Å². The van der Waals surface area contributed by atoms with Gasteiger partial charge >= 0.3 is 0 Å². The van der Waals surface area contributed by atoms with Gasteiger partial charge in [-0.2, -0.15) is 0 Å². The fourth-order valence-electron chi connectivity index (χ4n) is 1.02. The van der Waals surface area contributed by atoms with Crippen molar-refractivity contribution in [3.05, 3.63) is 0 Å². The third kappa shape index (κ3) is 14.9. The monoisotopic (exact) mass is 280 g/mol. The first-order valence-corrected chi connectivity index (χ1v) is 6.26. The quantitative estimate of drug-likeness (QED) is 0.351. The summed E-state index contributed by atoms with van der Waals surface area (Å²) in [4.78, 5) is 21.6. The lowest BCUT2D eigenvalue weighted by Crippen LogP contribution is -2.40. The maximum atomic E-state index is 11.2. The van der Waals surface area contributed by atoms with Crippen molar-refractivity contribution in [3.63, 3.8) is 0 Å². The first-order chi connectivity index (χ1) is 9.17. The molecule has 1 unspecified atom stereocenters. The van der Waals surface area contributed by atoms with E-state index in [4.69, 9.17) is 15.3 Å². The molecule has 1 amide bonds. The van der Waals surface area contributed by atoms with Gasteiger partial charge in [-0.3, -0.25) is 4.79 Å². The maximum Gasteiger partial charge on any atom is 0.220 e. The molecule has 7 heteroatoms. The molecule has 1 atom stereocenters. The number of hydrogen-bond donors (Lipinski definition) is 5. The molecule has 0 aromatic heterocycles. The van der Waals surface area contributed by atoms with E-state index in [-0.39, 0.29) is 31.6 Å². The van der Waals surface area contributed by atoms with E-state index < -0.39 is 6.04 Å². The predicted molar refractivity (Wildman–Crippen MR) is 73.7 cm³/mol. The van der Waals surface area contributed by atoms with Crippen molar-refractivity contribution in [1.82, 2.24) is 10.6 Å². The number of aldehydes is 1. The van der Waals surface area contributed by atoms with Gasteiger partial charge in [0, 0.05) is 13.5 Å². The van der Waals surface area contributed by atoms with Crippen LogP contribution in [0.5, 0.6) is 0 Å². The molecule has 0 saturated carbocycles. The van der Waals surface area contributed by atoms with Gasteiger partial charge in [0.1, 0.15) is 6.29 Å². The second kappa shape index (κ2) is 19.3. The lowest BCUT2D eigenvalue weighted by atomic mass is 10.1. The average molecular weight is 280 g/mol. The lowest BCUT2D eigenvalue weighted by Gasteiger charge is -2.14. The van der Waals surface area contributed by atoms with E-state index >= 15 is 0 Å². The van der Waals surface area contributed by atoms with Gasteiger partial charge in [0.2, 0.25) is 5.91 Å². The highest BCUT2D eigenvalue weighted by molar-refractivity contribution is 5.76. The van der Waals surface area contributed by atoms with Crippen LogP contribution in [-0.4, -0.2) is 67.0 Å². The van der Waals surface area contributed by atoms with Crippen LogP contribution in [0.1, 0.15) is 26.7 Å². The molecule has 0 heterocycles. The molecule has 19 heavy (non-hydrogen) atoms. The molecule has 0 aromatic rings. The van der Waals surface area contributed by atoms with Gasteiger partial charge in [-0.15, -0.1) is 0 Å². The number of carbonyl (C=O) groups is 2. The number of aliphatic hydroxyl groups is 3. The highest BCUT2D eigenvalue weighted by Crippen LogP contribution is 1.95. The number of carbonyl (C=O) groups excluding carboxylic acids is 2. The summed E-state index contributed by atoms with van der Waals surface area (Å²) in [6, 6.07) is -0.959. The Morgan fingerprint density at radius 1 is 1.21 bits per heavy atom. The van der Waals surface area contributed by atoms with Gasteiger partial charge in [0.15, 0.2) is 0 Å². The number of likely N-dealkylation sites (N-methyl/N-ethyl adjacent to an activating group) is 1. The van der Waals surface area contributed by atoms with Gasteiger partial charge in [-0.25, -0.2) is 0 Å². The van der Waals surface area contributed by atoms with Crippen LogP contribution < -0.4 is 10.6 Å².